The van der Waals surface area contributed by atoms with Gasteiger partial charge in [0.2, 0.25) is 0 Å². The third-order valence-corrected chi connectivity index (χ3v) is 10.4. The summed E-state index contributed by atoms with van der Waals surface area (Å²) in [5.41, 5.74) is 12.9. The van der Waals surface area contributed by atoms with Crippen molar-refractivity contribution in [3.8, 4) is 16.8 Å². The number of nitrogens with zero attached hydrogens (tertiary/aromatic N) is 2. The summed E-state index contributed by atoms with van der Waals surface area (Å²) in [7, 11) is 0. The summed E-state index contributed by atoms with van der Waals surface area (Å²) in [4.78, 5) is 2.33. The maximum absolute atomic E-state index is 14.1. The van der Waals surface area contributed by atoms with Crippen molar-refractivity contribution >= 4 is 60.8 Å². The predicted octanol–water partition coefficient (Wildman–Crippen LogP) is 12.6. The number of anilines is 3. The molecule has 10 rings (SSSR count). The summed E-state index contributed by atoms with van der Waals surface area (Å²) >= 11 is 0. The summed E-state index contributed by atoms with van der Waals surface area (Å²) < 4.78 is 22.7. The van der Waals surface area contributed by atoms with Gasteiger partial charge in [0.15, 0.2) is 0 Å². The van der Waals surface area contributed by atoms with Crippen LogP contribution in [0.2, 0.25) is 0 Å². The van der Waals surface area contributed by atoms with Gasteiger partial charge in [-0.15, -0.1) is 0 Å². The number of aromatic nitrogens is 1. The number of hydrogen-bond acceptors (Lipinski definition) is 2. The molecule has 9 aromatic rings. The van der Waals surface area contributed by atoms with E-state index in [9.17, 15) is 4.39 Å². The van der Waals surface area contributed by atoms with Crippen molar-refractivity contribution < 1.29 is 8.81 Å². The predicted molar refractivity (Wildman–Crippen MR) is 200 cm³/mol. The third kappa shape index (κ3) is 4.07. The Labute approximate surface area is 283 Å². The number of benzene rings is 7. The zero-order valence-electron chi connectivity index (χ0n) is 27.1. The van der Waals surface area contributed by atoms with Gasteiger partial charge in [-0.1, -0.05) is 86.6 Å². The fraction of sp³-hybridized carbons (Fsp3) is 0.0667. The second-order valence-corrected chi connectivity index (χ2v) is 13.5. The summed E-state index contributed by atoms with van der Waals surface area (Å²) in [6.07, 6.45) is 0. The van der Waals surface area contributed by atoms with E-state index in [1.807, 2.05) is 24.3 Å². The molecule has 2 aromatic heterocycles. The van der Waals surface area contributed by atoms with Gasteiger partial charge in [-0.2, -0.15) is 0 Å². The Morgan fingerprint density at radius 2 is 1.12 bits per heavy atom. The highest BCUT2D eigenvalue weighted by Gasteiger charge is 2.35. The van der Waals surface area contributed by atoms with Gasteiger partial charge < -0.3 is 13.9 Å². The highest BCUT2D eigenvalue weighted by molar-refractivity contribution is 6.11. The minimum Gasteiger partial charge on any atom is -0.456 e. The highest BCUT2D eigenvalue weighted by Crippen LogP contribution is 2.51. The molecule has 0 N–H and O–H groups in total. The van der Waals surface area contributed by atoms with Crippen molar-refractivity contribution in [1.29, 1.82) is 0 Å². The first-order chi connectivity index (χ1) is 24.0. The quantitative estimate of drug-likeness (QED) is 0.192. The molecule has 0 bridgehead atoms. The minimum atomic E-state index is -0.251. The highest BCUT2D eigenvalue weighted by atomic mass is 19.1. The second kappa shape index (κ2) is 10.2. The van der Waals surface area contributed by atoms with E-state index in [-0.39, 0.29) is 11.2 Å². The van der Waals surface area contributed by atoms with Crippen molar-refractivity contribution in [3.63, 3.8) is 0 Å². The molecule has 0 saturated carbocycles. The lowest BCUT2D eigenvalue weighted by atomic mass is 9.82. The van der Waals surface area contributed by atoms with Crippen LogP contribution >= 0.6 is 0 Å². The van der Waals surface area contributed by atoms with Crippen LogP contribution in [0.4, 0.5) is 21.5 Å². The smallest absolute Gasteiger partial charge is 0.137 e. The van der Waals surface area contributed by atoms with Gasteiger partial charge in [-0.05, 0) is 95.1 Å². The van der Waals surface area contributed by atoms with Crippen molar-refractivity contribution in [2.24, 2.45) is 0 Å². The van der Waals surface area contributed by atoms with E-state index in [1.54, 1.807) is 0 Å². The zero-order valence-corrected chi connectivity index (χ0v) is 27.1. The van der Waals surface area contributed by atoms with Gasteiger partial charge >= 0.3 is 0 Å². The Morgan fingerprint density at radius 3 is 1.98 bits per heavy atom. The van der Waals surface area contributed by atoms with Gasteiger partial charge in [0, 0.05) is 55.8 Å². The zero-order chi connectivity index (χ0) is 32.9. The number of furan rings is 1. The van der Waals surface area contributed by atoms with E-state index in [0.29, 0.717) is 0 Å². The van der Waals surface area contributed by atoms with Crippen LogP contribution in [0, 0.1) is 5.82 Å². The molecule has 2 heterocycles. The Balaban J connectivity index is 1.23. The van der Waals surface area contributed by atoms with Gasteiger partial charge in [0.1, 0.15) is 17.0 Å². The standard InChI is InChI=1S/C45H31FN2O/c1-45(2)39-12-6-3-9-33(39)34-22-19-30(25-40(34)45)47(32-21-24-38-37-11-5-8-14-43(37)49-44(38)27-32)31-20-23-36-35-10-4-7-13-41(35)48(42(36)26-31)29-17-15-28(46)16-18-29/h3-27H,1-2H3. The van der Waals surface area contributed by atoms with E-state index < -0.39 is 0 Å². The van der Waals surface area contributed by atoms with Crippen LogP contribution in [0.5, 0.6) is 0 Å². The van der Waals surface area contributed by atoms with E-state index >= 15 is 0 Å². The van der Waals surface area contributed by atoms with E-state index in [2.05, 4.69) is 139 Å². The van der Waals surface area contributed by atoms with Crippen molar-refractivity contribution in [2.45, 2.75) is 19.3 Å². The molecule has 49 heavy (non-hydrogen) atoms. The van der Waals surface area contributed by atoms with Gasteiger partial charge in [0.05, 0.1) is 11.0 Å². The molecule has 4 heteroatoms. The van der Waals surface area contributed by atoms with E-state index in [1.165, 1.54) is 34.4 Å². The molecular formula is C45H31FN2O. The molecule has 7 aromatic carbocycles. The molecule has 1 aliphatic rings. The lowest BCUT2D eigenvalue weighted by molar-refractivity contribution is 0.627. The number of halogens is 1. The number of fused-ring (bicyclic) bond motifs is 9. The average Bonchev–Trinajstić information content (AvgIpc) is 3.74. The summed E-state index contributed by atoms with van der Waals surface area (Å²) in [6.45, 7) is 4.64. The minimum absolute atomic E-state index is 0.144. The van der Waals surface area contributed by atoms with Gasteiger partial charge in [-0.3, -0.25) is 0 Å². The van der Waals surface area contributed by atoms with Crippen molar-refractivity contribution in [2.75, 3.05) is 4.90 Å². The maximum atomic E-state index is 14.1. The topological polar surface area (TPSA) is 21.3 Å². The van der Waals surface area contributed by atoms with Crippen LogP contribution in [-0.4, -0.2) is 4.57 Å². The second-order valence-electron chi connectivity index (χ2n) is 13.5. The molecule has 0 spiro atoms. The molecule has 3 nitrogen and oxygen atoms in total. The molecular weight excluding hydrogens is 604 g/mol. The van der Waals surface area contributed by atoms with Gasteiger partial charge in [0.25, 0.3) is 0 Å². The monoisotopic (exact) mass is 634 g/mol. The number of rotatable bonds is 4. The Hall–Kier alpha value is -6.13. The van der Waals surface area contributed by atoms with Crippen molar-refractivity contribution in [1.82, 2.24) is 4.57 Å². The van der Waals surface area contributed by atoms with E-state index in [0.717, 1.165) is 66.5 Å². The van der Waals surface area contributed by atoms with E-state index in [4.69, 9.17) is 4.42 Å². The summed E-state index contributed by atoms with van der Waals surface area (Å²) in [5.74, 6) is -0.251. The van der Waals surface area contributed by atoms with Crippen LogP contribution in [0.3, 0.4) is 0 Å². The Bertz CT molecular complexity index is 2770. The normalized spacial score (nSPS) is 13.4. The first-order valence-corrected chi connectivity index (χ1v) is 16.7. The largest absolute Gasteiger partial charge is 0.456 e. The average molecular weight is 635 g/mol. The molecule has 0 amide bonds. The third-order valence-electron chi connectivity index (χ3n) is 10.4. The summed E-state index contributed by atoms with van der Waals surface area (Å²) in [5, 5.41) is 4.50. The number of para-hydroxylation sites is 2. The molecule has 0 fully saturated rings. The molecule has 0 unspecified atom stereocenters. The lowest BCUT2D eigenvalue weighted by Crippen LogP contribution is -2.16. The lowest BCUT2D eigenvalue weighted by Gasteiger charge is -2.28. The fourth-order valence-corrected chi connectivity index (χ4v) is 8.10. The van der Waals surface area contributed by atoms with Crippen LogP contribution in [-0.2, 0) is 5.41 Å². The maximum Gasteiger partial charge on any atom is 0.137 e. The Morgan fingerprint density at radius 1 is 0.510 bits per heavy atom. The molecule has 0 aliphatic heterocycles. The number of hydrogen-bond donors (Lipinski definition) is 0. The molecule has 0 radical (unpaired) electrons. The Kier molecular flexibility index (Phi) is 5.81. The van der Waals surface area contributed by atoms with Crippen LogP contribution in [0.15, 0.2) is 156 Å². The van der Waals surface area contributed by atoms with Crippen LogP contribution in [0.1, 0.15) is 25.0 Å². The fourth-order valence-electron chi connectivity index (χ4n) is 8.10. The van der Waals surface area contributed by atoms with Crippen LogP contribution in [0.25, 0.3) is 60.6 Å². The van der Waals surface area contributed by atoms with Gasteiger partial charge in [-0.25, -0.2) is 4.39 Å². The first-order valence-electron chi connectivity index (χ1n) is 16.7. The van der Waals surface area contributed by atoms with Crippen LogP contribution < -0.4 is 4.90 Å². The summed E-state index contributed by atoms with van der Waals surface area (Å²) in [6, 6.07) is 52.2. The van der Waals surface area contributed by atoms with Crippen molar-refractivity contribution in [3.05, 3.63) is 169 Å². The molecule has 234 valence electrons. The molecule has 0 saturated heterocycles. The first kappa shape index (κ1) is 27.9. The molecule has 1 aliphatic carbocycles. The molecule has 0 atom stereocenters. The SMILES string of the molecule is CC1(C)c2ccccc2-c2ccc(N(c3ccc4c(c3)oc3ccccc34)c3ccc4c5ccccc5n(-c5ccc(F)cc5)c4c3)cc21.